The molecule has 1 aromatic heterocycles. The first kappa shape index (κ1) is 20.7. The molecule has 10 aromatic carbocycles. The van der Waals surface area contributed by atoms with E-state index in [0.29, 0.717) is 5.56 Å². The Bertz CT molecular complexity index is 3660. The molecule has 0 aliphatic rings. The minimum absolute atomic E-state index is 0.0505. The fraction of sp³-hybridized carbons (Fsp3) is 0. The minimum atomic E-state index is -0.534. The third kappa shape index (κ3) is 4.22. The maximum atomic E-state index is 9.46. The summed E-state index contributed by atoms with van der Waals surface area (Å²) < 4.78 is 86.3. The molecule has 0 atom stereocenters. The molecule has 0 unspecified atom stereocenters. The van der Waals surface area contributed by atoms with E-state index in [1.165, 1.54) is 0 Å². The Kier molecular flexibility index (Phi) is 4.43. The first-order chi connectivity index (χ1) is 29.1. The summed E-state index contributed by atoms with van der Waals surface area (Å²) in [5, 5.41) is 8.16. The lowest BCUT2D eigenvalue weighted by molar-refractivity contribution is 0.669. The molecule has 0 bridgehead atoms. The van der Waals surface area contributed by atoms with Crippen molar-refractivity contribution in [3.8, 4) is 33.4 Å². The summed E-state index contributed by atoms with van der Waals surface area (Å²) in [4.78, 5) is 0. The second-order valence-electron chi connectivity index (χ2n) is 12.9. The van der Waals surface area contributed by atoms with Crippen molar-refractivity contribution in [3.63, 3.8) is 0 Å². The Hall–Kier alpha value is -6.70. The molecule has 1 nitrogen and oxygen atoms in total. The van der Waals surface area contributed by atoms with E-state index in [4.69, 9.17) is 12.6 Å². The number of rotatable bonds is 3. The molecular formula is C50H30O. The fourth-order valence-corrected chi connectivity index (χ4v) is 7.95. The van der Waals surface area contributed by atoms with Gasteiger partial charge >= 0.3 is 0 Å². The molecule has 236 valence electrons. The van der Waals surface area contributed by atoms with E-state index >= 15 is 0 Å². The third-order valence-corrected chi connectivity index (χ3v) is 10.1. The Morgan fingerprint density at radius 2 is 0.941 bits per heavy atom. The van der Waals surface area contributed by atoms with Gasteiger partial charge in [0.15, 0.2) is 0 Å². The molecule has 0 amide bonds. The lowest BCUT2D eigenvalue weighted by Crippen LogP contribution is -1.93. The van der Waals surface area contributed by atoms with Gasteiger partial charge in [0.05, 0.1) is 12.3 Å². The van der Waals surface area contributed by atoms with Crippen molar-refractivity contribution in [2.24, 2.45) is 0 Å². The molecule has 0 saturated heterocycles. The second kappa shape index (κ2) is 10.9. The first-order valence-electron chi connectivity index (χ1n) is 21.4. The van der Waals surface area contributed by atoms with E-state index in [2.05, 4.69) is 78.9 Å². The summed E-state index contributed by atoms with van der Waals surface area (Å²) in [6, 6.07) is 39.8. The Morgan fingerprint density at radius 1 is 0.373 bits per heavy atom. The van der Waals surface area contributed by atoms with Crippen molar-refractivity contribution < 1.29 is 16.8 Å². The molecule has 1 heteroatoms. The molecule has 11 aromatic rings. The van der Waals surface area contributed by atoms with E-state index in [-0.39, 0.29) is 62.4 Å². The Balaban J connectivity index is 1.30. The Morgan fingerprint density at radius 3 is 1.65 bits per heavy atom. The van der Waals surface area contributed by atoms with E-state index in [9.17, 15) is 4.11 Å². The van der Waals surface area contributed by atoms with Crippen LogP contribution in [0, 0.1) is 0 Å². The highest BCUT2D eigenvalue weighted by Gasteiger charge is 2.21. The minimum Gasteiger partial charge on any atom is -0.456 e. The van der Waals surface area contributed by atoms with E-state index in [1.807, 2.05) is 48.5 Å². The van der Waals surface area contributed by atoms with Gasteiger partial charge in [-0.15, -0.1) is 0 Å². The standard InChI is InChI=1S/C50H30O/c1-2-15-33-30-47-45(28-32(33)14-1)50-38(24-12-26-46(50)51-47)35-27-34-16-4-6-19-37(34)44(29-35)49-42-22-9-7-20-40(42)48(41-21-8-10-23-43(41)49)39-25-11-17-31-13-3-5-18-36(31)39/h1-30H/i1D,2D,12D,14D,15D,24D,26D,28D,30D. The molecule has 0 aliphatic carbocycles. The third-order valence-electron chi connectivity index (χ3n) is 10.1. The summed E-state index contributed by atoms with van der Waals surface area (Å²) in [6.45, 7) is 0. The maximum Gasteiger partial charge on any atom is 0.136 e. The van der Waals surface area contributed by atoms with Crippen molar-refractivity contribution in [3.05, 3.63) is 182 Å². The van der Waals surface area contributed by atoms with Gasteiger partial charge in [0.1, 0.15) is 11.2 Å². The largest absolute Gasteiger partial charge is 0.456 e. The van der Waals surface area contributed by atoms with Crippen molar-refractivity contribution in [2.75, 3.05) is 0 Å². The van der Waals surface area contributed by atoms with Crippen LogP contribution in [0.15, 0.2) is 186 Å². The van der Waals surface area contributed by atoms with Gasteiger partial charge in [0.25, 0.3) is 0 Å². The zero-order chi connectivity index (χ0) is 41.3. The van der Waals surface area contributed by atoms with Crippen LogP contribution in [0.5, 0.6) is 0 Å². The van der Waals surface area contributed by atoms with Crippen LogP contribution in [0.1, 0.15) is 12.3 Å². The van der Waals surface area contributed by atoms with Crippen LogP contribution < -0.4 is 0 Å². The molecule has 0 radical (unpaired) electrons. The smallest absolute Gasteiger partial charge is 0.136 e. The van der Waals surface area contributed by atoms with Crippen molar-refractivity contribution in [1.29, 1.82) is 0 Å². The van der Waals surface area contributed by atoms with E-state index in [1.54, 1.807) is 0 Å². The molecule has 0 saturated carbocycles. The predicted octanol–water partition coefficient (Wildman–Crippen LogP) is 14.4. The number of hydrogen-bond donors (Lipinski definition) is 0. The van der Waals surface area contributed by atoms with Crippen LogP contribution in [0.3, 0.4) is 0 Å². The fourth-order valence-electron chi connectivity index (χ4n) is 7.95. The van der Waals surface area contributed by atoms with Crippen molar-refractivity contribution in [2.45, 2.75) is 0 Å². The monoisotopic (exact) mass is 655 g/mol. The highest BCUT2D eigenvalue weighted by atomic mass is 16.3. The number of fused-ring (bicyclic) bond motifs is 8. The molecule has 0 N–H and O–H groups in total. The van der Waals surface area contributed by atoms with Crippen molar-refractivity contribution in [1.82, 2.24) is 0 Å². The maximum absolute atomic E-state index is 9.46. The Labute approximate surface area is 307 Å². The van der Waals surface area contributed by atoms with Gasteiger partial charge < -0.3 is 4.42 Å². The van der Waals surface area contributed by atoms with Gasteiger partial charge in [-0.1, -0.05) is 152 Å². The highest BCUT2D eigenvalue weighted by molar-refractivity contribution is 6.26. The number of furan rings is 1. The van der Waals surface area contributed by atoms with Gasteiger partial charge in [-0.25, -0.2) is 0 Å². The van der Waals surface area contributed by atoms with Gasteiger partial charge in [0.2, 0.25) is 0 Å². The van der Waals surface area contributed by atoms with Crippen LogP contribution in [0.4, 0.5) is 0 Å². The van der Waals surface area contributed by atoms with E-state index < -0.39 is 30.2 Å². The zero-order valence-corrected chi connectivity index (χ0v) is 27.0. The molecule has 0 fully saturated rings. The van der Waals surface area contributed by atoms with Gasteiger partial charge in [0, 0.05) is 10.8 Å². The molecule has 11 rings (SSSR count). The van der Waals surface area contributed by atoms with E-state index in [0.717, 1.165) is 65.3 Å². The lowest BCUT2D eigenvalue weighted by atomic mass is 9.83. The summed E-state index contributed by atoms with van der Waals surface area (Å²) >= 11 is 0. The number of hydrogen-bond acceptors (Lipinski definition) is 1. The second-order valence-corrected chi connectivity index (χ2v) is 12.9. The molecule has 0 spiro atoms. The van der Waals surface area contributed by atoms with Crippen LogP contribution in [-0.4, -0.2) is 0 Å². The molecule has 51 heavy (non-hydrogen) atoms. The normalized spacial score (nSPS) is 14.4. The lowest BCUT2D eigenvalue weighted by Gasteiger charge is -2.20. The van der Waals surface area contributed by atoms with Crippen LogP contribution >= 0.6 is 0 Å². The first-order valence-corrected chi connectivity index (χ1v) is 16.9. The van der Waals surface area contributed by atoms with Crippen LogP contribution in [0.2, 0.25) is 0 Å². The average molecular weight is 656 g/mol. The molecule has 1 heterocycles. The van der Waals surface area contributed by atoms with Crippen molar-refractivity contribution >= 4 is 75.8 Å². The summed E-state index contributed by atoms with van der Waals surface area (Å²) in [6.07, 6.45) is 0. The zero-order valence-electron chi connectivity index (χ0n) is 36.0. The van der Waals surface area contributed by atoms with Gasteiger partial charge in [-0.3, -0.25) is 0 Å². The quantitative estimate of drug-likeness (QED) is 0.173. The van der Waals surface area contributed by atoms with Gasteiger partial charge in [-0.05, 0) is 118 Å². The summed E-state index contributed by atoms with van der Waals surface area (Å²) in [7, 11) is 0. The SMILES string of the molecule is [2H]c1c([2H])c(-c2cc(-c3c4ccccc4c(-c4cccc5ccccc45)c4ccccc34)c3ccccc3c2)c2c(oc3c([2H])c4c([2H])c([2H])c([2H])c([2H])c4c([2H])c32)c1[2H]. The average Bonchev–Trinajstić information content (AvgIpc) is 3.68. The summed E-state index contributed by atoms with van der Waals surface area (Å²) in [5.74, 6) is 0. The summed E-state index contributed by atoms with van der Waals surface area (Å²) in [5.41, 5.74) is 4.60. The van der Waals surface area contributed by atoms with Crippen LogP contribution in [0.25, 0.3) is 109 Å². The number of benzene rings is 10. The predicted molar refractivity (Wildman–Crippen MR) is 218 cm³/mol. The topological polar surface area (TPSA) is 13.1 Å². The van der Waals surface area contributed by atoms with Gasteiger partial charge in [-0.2, -0.15) is 0 Å². The molecule has 0 aliphatic heterocycles. The van der Waals surface area contributed by atoms with Crippen LogP contribution in [-0.2, 0) is 0 Å². The highest BCUT2D eigenvalue weighted by Crippen LogP contribution is 2.48. The molecular weight excluding hydrogens is 617 g/mol.